The number of benzene rings is 1. The van der Waals surface area contributed by atoms with Crippen LogP contribution in [0, 0.1) is 6.92 Å². The SMILES string of the molecule is Cc1nn(C)c2nc(-c3ccccc3)cc(C(=O)NCCC(C)N)c12.Cl.Cl. The molecule has 8 heteroatoms. The monoisotopic (exact) mass is 409 g/mol. The van der Waals surface area contributed by atoms with Gasteiger partial charge in [0.25, 0.3) is 5.91 Å². The van der Waals surface area contributed by atoms with Crippen molar-refractivity contribution in [3.63, 3.8) is 0 Å². The highest BCUT2D eigenvalue weighted by Crippen LogP contribution is 2.26. The van der Waals surface area contributed by atoms with Crippen LogP contribution in [-0.4, -0.2) is 33.3 Å². The Morgan fingerprint density at radius 2 is 1.93 bits per heavy atom. The van der Waals surface area contributed by atoms with Crippen LogP contribution in [0.2, 0.25) is 0 Å². The van der Waals surface area contributed by atoms with Crippen LogP contribution in [0.15, 0.2) is 36.4 Å². The summed E-state index contributed by atoms with van der Waals surface area (Å²) in [6, 6.07) is 11.7. The number of aromatic nitrogens is 3. The molecule has 3 rings (SSSR count). The molecule has 27 heavy (non-hydrogen) atoms. The molecule has 0 saturated carbocycles. The number of rotatable bonds is 5. The van der Waals surface area contributed by atoms with Crippen LogP contribution in [0.3, 0.4) is 0 Å². The summed E-state index contributed by atoms with van der Waals surface area (Å²) in [6.45, 7) is 4.36. The van der Waals surface area contributed by atoms with E-state index in [0.717, 1.165) is 28.8 Å². The fourth-order valence-corrected chi connectivity index (χ4v) is 2.89. The Morgan fingerprint density at radius 3 is 2.56 bits per heavy atom. The lowest BCUT2D eigenvalue weighted by atomic mass is 10.0. The van der Waals surface area contributed by atoms with E-state index in [-0.39, 0.29) is 36.8 Å². The minimum absolute atomic E-state index is 0. The number of fused-ring (bicyclic) bond motifs is 1. The lowest BCUT2D eigenvalue weighted by Crippen LogP contribution is -2.29. The van der Waals surface area contributed by atoms with Crippen molar-refractivity contribution >= 4 is 41.8 Å². The van der Waals surface area contributed by atoms with E-state index in [9.17, 15) is 4.79 Å². The van der Waals surface area contributed by atoms with Gasteiger partial charge in [-0.3, -0.25) is 9.48 Å². The number of hydrogen-bond donors (Lipinski definition) is 2. The van der Waals surface area contributed by atoms with E-state index < -0.39 is 0 Å². The van der Waals surface area contributed by atoms with E-state index >= 15 is 0 Å². The summed E-state index contributed by atoms with van der Waals surface area (Å²) in [4.78, 5) is 17.5. The molecule has 0 aliphatic carbocycles. The lowest BCUT2D eigenvalue weighted by Gasteiger charge is -2.10. The molecular weight excluding hydrogens is 385 g/mol. The average molecular weight is 410 g/mol. The first-order chi connectivity index (χ1) is 12.0. The van der Waals surface area contributed by atoms with E-state index in [1.807, 2.05) is 57.3 Å². The summed E-state index contributed by atoms with van der Waals surface area (Å²) < 4.78 is 1.72. The molecule has 2 aromatic heterocycles. The first-order valence-corrected chi connectivity index (χ1v) is 8.41. The molecular formula is C19H25Cl2N5O. The molecule has 0 aliphatic rings. The molecule has 3 aromatic rings. The van der Waals surface area contributed by atoms with Gasteiger partial charge in [0, 0.05) is 25.2 Å². The molecule has 1 unspecified atom stereocenters. The summed E-state index contributed by atoms with van der Waals surface area (Å²) in [6.07, 6.45) is 0.734. The number of aryl methyl sites for hydroxylation is 2. The van der Waals surface area contributed by atoms with Gasteiger partial charge in [0.2, 0.25) is 0 Å². The van der Waals surface area contributed by atoms with Gasteiger partial charge in [-0.05, 0) is 26.3 Å². The highest BCUT2D eigenvalue weighted by molar-refractivity contribution is 6.07. The highest BCUT2D eigenvalue weighted by Gasteiger charge is 2.19. The van der Waals surface area contributed by atoms with Gasteiger partial charge in [0.05, 0.1) is 22.3 Å². The second-order valence-electron chi connectivity index (χ2n) is 6.35. The van der Waals surface area contributed by atoms with Crippen LogP contribution in [0.5, 0.6) is 0 Å². The predicted molar refractivity (Wildman–Crippen MR) is 114 cm³/mol. The molecule has 0 saturated heterocycles. The van der Waals surface area contributed by atoms with Gasteiger partial charge in [-0.15, -0.1) is 24.8 Å². The van der Waals surface area contributed by atoms with E-state index in [1.54, 1.807) is 4.68 Å². The Kier molecular flexibility index (Phi) is 8.21. The summed E-state index contributed by atoms with van der Waals surface area (Å²) >= 11 is 0. The largest absolute Gasteiger partial charge is 0.352 e. The van der Waals surface area contributed by atoms with E-state index in [4.69, 9.17) is 10.7 Å². The fraction of sp³-hybridized carbons (Fsp3) is 0.316. The van der Waals surface area contributed by atoms with Crippen molar-refractivity contribution in [3.8, 4) is 11.3 Å². The zero-order valence-corrected chi connectivity index (χ0v) is 17.2. The highest BCUT2D eigenvalue weighted by atomic mass is 35.5. The number of carbonyl (C=O) groups excluding carboxylic acids is 1. The Morgan fingerprint density at radius 1 is 1.26 bits per heavy atom. The van der Waals surface area contributed by atoms with E-state index in [1.165, 1.54) is 0 Å². The Labute approximate surface area is 171 Å². The Bertz CT molecular complexity index is 909. The van der Waals surface area contributed by atoms with Gasteiger partial charge in [0.1, 0.15) is 0 Å². The van der Waals surface area contributed by atoms with Gasteiger partial charge in [-0.2, -0.15) is 5.10 Å². The third kappa shape index (κ3) is 4.97. The second-order valence-corrected chi connectivity index (χ2v) is 6.35. The molecule has 146 valence electrons. The molecule has 6 nitrogen and oxygen atoms in total. The van der Waals surface area contributed by atoms with Crippen molar-refractivity contribution in [1.29, 1.82) is 0 Å². The van der Waals surface area contributed by atoms with Crippen LogP contribution in [0.25, 0.3) is 22.3 Å². The number of hydrogen-bond acceptors (Lipinski definition) is 4. The first kappa shape index (κ1) is 22.9. The summed E-state index contributed by atoms with van der Waals surface area (Å²) in [5.74, 6) is -0.124. The summed E-state index contributed by atoms with van der Waals surface area (Å²) in [7, 11) is 1.84. The van der Waals surface area contributed by atoms with Crippen LogP contribution >= 0.6 is 24.8 Å². The van der Waals surface area contributed by atoms with Crippen molar-refractivity contribution in [2.75, 3.05) is 6.54 Å². The lowest BCUT2D eigenvalue weighted by molar-refractivity contribution is 0.0954. The third-order valence-corrected chi connectivity index (χ3v) is 4.17. The normalized spacial score (nSPS) is 11.4. The molecule has 0 fully saturated rings. The number of amides is 1. The third-order valence-electron chi connectivity index (χ3n) is 4.17. The van der Waals surface area contributed by atoms with Crippen molar-refractivity contribution in [1.82, 2.24) is 20.1 Å². The number of halogens is 2. The number of nitrogens with two attached hydrogens (primary N) is 1. The Balaban J connectivity index is 0.00000182. The molecule has 0 spiro atoms. The van der Waals surface area contributed by atoms with Crippen LogP contribution in [0.1, 0.15) is 29.4 Å². The van der Waals surface area contributed by atoms with Crippen LogP contribution in [0.4, 0.5) is 0 Å². The molecule has 0 aliphatic heterocycles. The zero-order chi connectivity index (χ0) is 18.0. The Hall–Kier alpha value is -2.15. The van der Waals surface area contributed by atoms with Crippen LogP contribution < -0.4 is 11.1 Å². The first-order valence-electron chi connectivity index (χ1n) is 8.41. The van der Waals surface area contributed by atoms with Gasteiger partial charge in [-0.25, -0.2) is 4.98 Å². The standard InChI is InChI=1S/C19H23N5O.2ClH/c1-12(20)9-10-21-19(25)15-11-16(14-7-5-4-6-8-14)22-18-17(15)13(2)23-24(18)3;;/h4-8,11-12H,9-10,20H2,1-3H3,(H,21,25);2*1H. The van der Waals surface area contributed by atoms with Crippen LogP contribution in [-0.2, 0) is 7.05 Å². The predicted octanol–water partition coefficient (Wildman–Crippen LogP) is 3.25. The molecule has 0 radical (unpaired) electrons. The molecule has 1 aromatic carbocycles. The van der Waals surface area contributed by atoms with E-state index in [0.29, 0.717) is 17.8 Å². The minimum atomic E-state index is -0.124. The second kappa shape index (κ2) is 9.69. The van der Waals surface area contributed by atoms with Gasteiger partial charge in [0.15, 0.2) is 5.65 Å². The van der Waals surface area contributed by atoms with Crippen molar-refractivity contribution < 1.29 is 4.79 Å². The van der Waals surface area contributed by atoms with Crippen molar-refractivity contribution in [3.05, 3.63) is 47.7 Å². The quantitative estimate of drug-likeness (QED) is 0.676. The maximum Gasteiger partial charge on any atom is 0.252 e. The van der Waals surface area contributed by atoms with Gasteiger partial charge < -0.3 is 11.1 Å². The number of nitrogens with zero attached hydrogens (tertiary/aromatic N) is 3. The molecule has 0 bridgehead atoms. The molecule has 3 N–H and O–H groups in total. The van der Waals surface area contributed by atoms with Gasteiger partial charge >= 0.3 is 0 Å². The topological polar surface area (TPSA) is 85.8 Å². The van der Waals surface area contributed by atoms with Gasteiger partial charge in [-0.1, -0.05) is 30.3 Å². The molecule has 1 amide bonds. The maximum atomic E-state index is 12.8. The van der Waals surface area contributed by atoms with E-state index in [2.05, 4.69) is 10.4 Å². The molecule has 1 atom stereocenters. The number of pyridine rings is 1. The number of nitrogens with one attached hydrogen (secondary N) is 1. The smallest absolute Gasteiger partial charge is 0.252 e. The molecule has 2 heterocycles. The average Bonchev–Trinajstić information content (AvgIpc) is 2.89. The minimum Gasteiger partial charge on any atom is -0.352 e. The van der Waals surface area contributed by atoms with Crippen molar-refractivity contribution in [2.24, 2.45) is 12.8 Å². The van der Waals surface area contributed by atoms with Crippen molar-refractivity contribution in [2.45, 2.75) is 26.3 Å². The fourth-order valence-electron chi connectivity index (χ4n) is 2.89. The maximum absolute atomic E-state index is 12.8. The number of carbonyl (C=O) groups is 1. The summed E-state index contributed by atoms with van der Waals surface area (Å²) in [5, 5.41) is 8.18. The summed E-state index contributed by atoms with van der Waals surface area (Å²) in [5.41, 5.74) is 9.58. The zero-order valence-electron chi connectivity index (χ0n) is 15.6.